The van der Waals surface area contributed by atoms with Crippen molar-refractivity contribution < 1.29 is 57.8 Å². The second-order valence-corrected chi connectivity index (χ2v) is 17.7. The van der Waals surface area contributed by atoms with E-state index in [-0.39, 0.29) is 25.0 Å². The monoisotopic (exact) mass is 760 g/mol. The minimum absolute atomic E-state index is 0.0159. The quantitative estimate of drug-likeness (QED) is 0.175. The van der Waals surface area contributed by atoms with E-state index in [0.717, 1.165) is 0 Å². The van der Waals surface area contributed by atoms with Gasteiger partial charge in [0.2, 0.25) is 3.79 Å². The first-order chi connectivity index (χ1) is 23.1. The zero-order valence-electron chi connectivity index (χ0n) is 28.9. The van der Waals surface area contributed by atoms with Crippen molar-refractivity contribution in [2.45, 2.75) is 119 Å². The Morgan fingerprint density at radius 3 is 2.26 bits per heavy atom. The summed E-state index contributed by atoms with van der Waals surface area (Å²) in [5.41, 5.74) is -4.96. The third kappa shape index (κ3) is 5.91. The normalized spacial score (nSPS) is 39.7. The number of alkyl halides is 3. The summed E-state index contributed by atoms with van der Waals surface area (Å²) < 4.78 is 41.4. The number of aliphatic hydroxyl groups excluding tert-OH is 1. The summed E-state index contributed by atoms with van der Waals surface area (Å²) >= 11 is 17.6. The Bertz CT molecular complexity index is 1580. The maximum atomic E-state index is 14.1. The van der Waals surface area contributed by atoms with E-state index in [0.29, 0.717) is 11.1 Å². The van der Waals surface area contributed by atoms with Crippen LogP contribution in [0.15, 0.2) is 41.5 Å². The van der Waals surface area contributed by atoms with Gasteiger partial charge in [-0.05, 0) is 44.1 Å². The lowest BCUT2D eigenvalue weighted by atomic mass is 9.44. The van der Waals surface area contributed by atoms with Gasteiger partial charge in [-0.1, -0.05) is 73.8 Å². The van der Waals surface area contributed by atoms with Gasteiger partial charge in [-0.15, -0.1) is 0 Å². The van der Waals surface area contributed by atoms with Crippen molar-refractivity contribution >= 4 is 52.9 Å². The molecule has 15 heteroatoms. The largest absolute Gasteiger partial charge is 0.508 e. The molecule has 2 saturated heterocycles. The van der Waals surface area contributed by atoms with E-state index in [1.165, 1.54) is 6.92 Å². The highest BCUT2D eigenvalue weighted by Crippen LogP contribution is 2.67. The number of hydrogen-bond acceptors (Lipinski definition) is 12. The number of hydrogen-bond donors (Lipinski definition) is 2. The van der Waals surface area contributed by atoms with Gasteiger partial charge in [0.05, 0.1) is 24.2 Å². The molecule has 2 heterocycles. The van der Waals surface area contributed by atoms with Crippen molar-refractivity contribution in [3.8, 4) is 0 Å². The van der Waals surface area contributed by atoms with Crippen molar-refractivity contribution in [3.05, 3.63) is 47.0 Å². The Balaban J connectivity index is 1.63. The average Bonchev–Trinajstić information content (AvgIpc) is 3.33. The van der Waals surface area contributed by atoms with Gasteiger partial charge in [0.25, 0.3) is 0 Å². The number of carbonyl (C=O) groups excluding carboxylic acids is 3. The maximum absolute atomic E-state index is 14.1. The molecule has 2 saturated carbocycles. The molecular weight excluding hydrogens is 719 g/mol. The second kappa shape index (κ2) is 12.5. The molecule has 5 aliphatic rings. The highest BCUT2D eigenvalue weighted by molar-refractivity contribution is 6.67. The number of fused-ring (bicyclic) bond motifs is 8. The predicted octanol–water partition coefficient (Wildman–Crippen LogP) is 5.20. The molecule has 50 heavy (non-hydrogen) atoms. The number of benzene rings is 1. The molecular formula is C35H43Cl3O12. The fourth-order valence-electron chi connectivity index (χ4n) is 9.22. The Morgan fingerprint density at radius 2 is 1.68 bits per heavy atom. The first-order valence-corrected chi connectivity index (χ1v) is 17.7. The molecule has 4 fully saturated rings. The maximum Gasteiger partial charge on any atom is 0.508 e. The third-order valence-corrected chi connectivity index (χ3v) is 11.8. The first kappa shape index (κ1) is 37.6. The van der Waals surface area contributed by atoms with Crippen LogP contribution >= 0.6 is 34.8 Å². The van der Waals surface area contributed by atoms with E-state index in [9.17, 15) is 24.6 Å². The first-order valence-electron chi connectivity index (χ1n) is 16.5. The van der Waals surface area contributed by atoms with Crippen LogP contribution in [0.1, 0.15) is 71.7 Å². The molecule has 0 amide bonds. The van der Waals surface area contributed by atoms with E-state index in [1.807, 2.05) is 0 Å². The van der Waals surface area contributed by atoms with Crippen LogP contribution in [0.5, 0.6) is 0 Å². The molecule has 2 bridgehead atoms. The molecule has 0 radical (unpaired) electrons. The minimum Gasteiger partial charge on any atom is -0.455 e. The van der Waals surface area contributed by atoms with Crippen LogP contribution in [0.2, 0.25) is 0 Å². The van der Waals surface area contributed by atoms with E-state index < -0.39 is 98.9 Å². The molecule has 3 aliphatic carbocycles. The molecule has 0 spiro atoms. The highest BCUT2D eigenvalue weighted by Gasteiger charge is 2.80. The minimum atomic E-state index is -2.02. The lowest BCUT2D eigenvalue weighted by Crippen LogP contribution is -2.82. The van der Waals surface area contributed by atoms with E-state index in [2.05, 4.69) is 0 Å². The number of aliphatic hydroxyl groups is 2. The predicted molar refractivity (Wildman–Crippen MR) is 178 cm³/mol. The topological polar surface area (TPSA) is 156 Å². The van der Waals surface area contributed by atoms with Crippen LogP contribution in [0.4, 0.5) is 4.79 Å². The molecule has 1 aromatic carbocycles. The number of esters is 2. The van der Waals surface area contributed by atoms with Gasteiger partial charge in [0.1, 0.15) is 42.7 Å². The van der Waals surface area contributed by atoms with Crippen LogP contribution in [-0.2, 0) is 38.0 Å². The summed E-state index contributed by atoms with van der Waals surface area (Å²) in [6.07, 6.45) is -8.09. The molecule has 12 nitrogen and oxygen atoms in total. The van der Waals surface area contributed by atoms with E-state index in [1.54, 1.807) is 71.9 Å². The van der Waals surface area contributed by atoms with Crippen molar-refractivity contribution in [2.24, 2.45) is 16.7 Å². The summed E-state index contributed by atoms with van der Waals surface area (Å²) in [7, 11) is 0. The van der Waals surface area contributed by atoms with Gasteiger partial charge in [-0.3, -0.25) is 4.79 Å². The molecule has 10 atom stereocenters. The summed E-state index contributed by atoms with van der Waals surface area (Å²) in [6, 6.07) is 8.23. The van der Waals surface area contributed by atoms with E-state index >= 15 is 0 Å². The standard InChI is InChI=1S/C35H43Cl3O12/c1-17-20(40)14-34(43)27(47-28(41)19-11-9-8-10-12-19)25-32(7,26-24(23(17)30(34,3)4)49-31(5,6)50-26)21(46-29(42)45-16-35(36,37)38)13-22-33(25,15-44-22)48-18(2)39/h8-12,20-22,24-27,40,43H,13-16H2,1-7H3/t20-,21-,22+,24+,25-,26+,27-,32+,33-,34+/m0/s1. The Morgan fingerprint density at radius 1 is 1.02 bits per heavy atom. The summed E-state index contributed by atoms with van der Waals surface area (Å²) in [5, 5.41) is 24.9. The smallest absolute Gasteiger partial charge is 0.455 e. The fourth-order valence-corrected chi connectivity index (χ4v) is 9.38. The number of halogens is 3. The zero-order valence-corrected chi connectivity index (χ0v) is 31.1. The van der Waals surface area contributed by atoms with Gasteiger partial charge in [0, 0.05) is 30.6 Å². The molecule has 0 unspecified atom stereocenters. The van der Waals surface area contributed by atoms with Gasteiger partial charge < -0.3 is 43.4 Å². The molecule has 1 aromatic rings. The SMILES string of the molecule is CC(=O)O[C@@]12CO[C@@H]1C[C@H](OC(=O)OCC(Cl)(Cl)Cl)[C@@]1(C)[C@@H]3OC(C)(C)O[C@@H]3C3=C(C)[C@@H](O)C[C@@](O)([C@@H](OC(=O)c4ccccc4)[C@H]21)C3(C)C. The van der Waals surface area contributed by atoms with Gasteiger partial charge in [-0.2, -0.15) is 0 Å². The average molecular weight is 762 g/mol. The van der Waals surface area contributed by atoms with Gasteiger partial charge >= 0.3 is 18.1 Å². The van der Waals surface area contributed by atoms with E-state index in [4.69, 9.17) is 68.0 Å². The molecule has 2 aliphatic heterocycles. The fraction of sp³-hybridized carbons (Fsp3) is 0.686. The third-order valence-electron chi connectivity index (χ3n) is 11.5. The summed E-state index contributed by atoms with van der Waals surface area (Å²) in [6.45, 7) is 11.1. The number of rotatable bonds is 5. The lowest BCUT2D eigenvalue weighted by Gasteiger charge is -2.69. The van der Waals surface area contributed by atoms with Crippen LogP contribution in [0.25, 0.3) is 0 Å². The highest BCUT2D eigenvalue weighted by atomic mass is 35.6. The van der Waals surface area contributed by atoms with Crippen LogP contribution < -0.4 is 0 Å². The van der Waals surface area contributed by atoms with Crippen molar-refractivity contribution in [2.75, 3.05) is 13.2 Å². The van der Waals surface area contributed by atoms with Gasteiger partial charge in [-0.25, -0.2) is 9.59 Å². The summed E-state index contributed by atoms with van der Waals surface area (Å²) in [4.78, 5) is 40.4. The Kier molecular flexibility index (Phi) is 9.38. The van der Waals surface area contributed by atoms with Crippen LogP contribution in [0, 0.1) is 16.7 Å². The molecule has 6 rings (SSSR count). The van der Waals surface area contributed by atoms with Crippen molar-refractivity contribution in [1.29, 1.82) is 0 Å². The van der Waals surface area contributed by atoms with Crippen LogP contribution in [0.3, 0.4) is 0 Å². The van der Waals surface area contributed by atoms with Crippen molar-refractivity contribution in [3.63, 3.8) is 0 Å². The number of ether oxygens (including phenoxy) is 7. The Hall–Kier alpha value is -2.16. The van der Waals surface area contributed by atoms with Crippen molar-refractivity contribution in [1.82, 2.24) is 0 Å². The van der Waals surface area contributed by atoms with Gasteiger partial charge in [0.15, 0.2) is 11.4 Å². The molecule has 276 valence electrons. The van der Waals surface area contributed by atoms with Crippen LogP contribution in [-0.4, -0.2) is 98.9 Å². The summed E-state index contributed by atoms with van der Waals surface area (Å²) in [5.74, 6) is -3.84. The molecule has 2 N–H and O–H groups in total. The Labute approximate surface area is 305 Å². The zero-order chi connectivity index (χ0) is 36.8. The second-order valence-electron chi connectivity index (χ2n) is 15.2. The number of carbonyl (C=O) groups is 3. The lowest BCUT2D eigenvalue weighted by molar-refractivity contribution is -0.362. The molecule has 0 aromatic heterocycles.